The molecule has 29 heavy (non-hydrogen) atoms. The second-order valence-electron chi connectivity index (χ2n) is 6.66. The van der Waals surface area contributed by atoms with Crippen molar-refractivity contribution in [2.75, 3.05) is 37.4 Å². The summed E-state index contributed by atoms with van der Waals surface area (Å²) in [4.78, 5) is 28.1. The topological polar surface area (TPSA) is 76.4 Å². The first-order chi connectivity index (χ1) is 13.9. The van der Waals surface area contributed by atoms with Gasteiger partial charge in [0.2, 0.25) is 0 Å². The van der Waals surface area contributed by atoms with E-state index in [0.717, 1.165) is 24.3 Å². The maximum Gasteiger partial charge on any atom is 0.266 e. The van der Waals surface area contributed by atoms with Crippen molar-refractivity contribution < 1.29 is 9.59 Å². The molecule has 0 unspecified atom stereocenters. The molecule has 2 aromatic carbocycles. The fourth-order valence-electron chi connectivity index (χ4n) is 2.84. The third-order valence-corrected chi connectivity index (χ3v) is 4.49. The summed E-state index contributed by atoms with van der Waals surface area (Å²) in [6.45, 7) is 6.02. The van der Waals surface area contributed by atoms with Crippen LogP contribution in [0.15, 0.2) is 54.1 Å². The number of nitrogens with one attached hydrogen (secondary N) is 1. The lowest BCUT2D eigenvalue weighted by Crippen LogP contribution is -2.21. The lowest BCUT2D eigenvalue weighted by atomic mass is 10.1. The summed E-state index contributed by atoms with van der Waals surface area (Å²) in [6.07, 6.45) is 1.56. The third-order valence-electron chi connectivity index (χ3n) is 4.49. The van der Waals surface area contributed by atoms with Crippen molar-refractivity contribution in [1.29, 1.82) is 5.26 Å². The van der Waals surface area contributed by atoms with Crippen LogP contribution in [0.2, 0.25) is 0 Å². The molecule has 0 atom stereocenters. The van der Waals surface area contributed by atoms with E-state index in [0.29, 0.717) is 11.3 Å². The highest BCUT2D eigenvalue weighted by Crippen LogP contribution is 2.18. The lowest BCUT2D eigenvalue weighted by molar-refractivity contribution is -0.112. The predicted molar refractivity (Wildman–Crippen MR) is 117 cm³/mol. The van der Waals surface area contributed by atoms with Crippen LogP contribution >= 0.6 is 0 Å². The highest BCUT2D eigenvalue weighted by atomic mass is 16.2. The maximum absolute atomic E-state index is 12.5. The minimum atomic E-state index is -0.494. The number of rotatable bonds is 7. The zero-order valence-electron chi connectivity index (χ0n) is 17.3. The summed E-state index contributed by atoms with van der Waals surface area (Å²) in [5, 5.41) is 12.1. The van der Waals surface area contributed by atoms with Crippen LogP contribution in [-0.2, 0) is 4.79 Å². The number of nitriles is 1. The molecule has 2 aromatic rings. The van der Waals surface area contributed by atoms with E-state index in [1.165, 1.54) is 4.90 Å². The summed E-state index contributed by atoms with van der Waals surface area (Å²) in [6, 6.07) is 16.2. The number of anilines is 2. The monoisotopic (exact) mass is 390 g/mol. The van der Waals surface area contributed by atoms with Crippen molar-refractivity contribution in [3.63, 3.8) is 0 Å². The van der Waals surface area contributed by atoms with E-state index in [2.05, 4.69) is 24.1 Å². The Bertz CT molecular complexity index is 919. The Morgan fingerprint density at radius 3 is 2.07 bits per heavy atom. The van der Waals surface area contributed by atoms with Gasteiger partial charge in [-0.2, -0.15) is 5.26 Å². The van der Waals surface area contributed by atoms with Gasteiger partial charge in [0.15, 0.2) is 0 Å². The van der Waals surface area contributed by atoms with Gasteiger partial charge in [0, 0.05) is 44.1 Å². The Kier molecular flexibility index (Phi) is 7.55. The lowest BCUT2D eigenvalue weighted by Gasteiger charge is -2.20. The third kappa shape index (κ3) is 5.69. The number of amides is 2. The van der Waals surface area contributed by atoms with Gasteiger partial charge in [-0.3, -0.25) is 9.59 Å². The Morgan fingerprint density at radius 1 is 1.00 bits per heavy atom. The average molecular weight is 390 g/mol. The van der Waals surface area contributed by atoms with Crippen molar-refractivity contribution in [2.24, 2.45) is 0 Å². The molecule has 0 radical (unpaired) electrons. The normalized spacial score (nSPS) is 10.8. The number of benzene rings is 2. The first kappa shape index (κ1) is 21.7. The van der Waals surface area contributed by atoms with Crippen LogP contribution in [0.5, 0.6) is 0 Å². The molecule has 1 N–H and O–H groups in total. The number of carbonyl (C=O) groups excluding carboxylic acids is 2. The molecule has 6 heteroatoms. The second kappa shape index (κ2) is 10.1. The Balaban J connectivity index is 2.12. The van der Waals surface area contributed by atoms with Crippen LogP contribution in [0.1, 0.15) is 29.8 Å². The van der Waals surface area contributed by atoms with E-state index in [4.69, 9.17) is 0 Å². The number of nitrogens with zero attached hydrogens (tertiary/aromatic N) is 3. The smallest absolute Gasteiger partial charge is 0.266 e. The Morgan fingerprint density at radius 2 is 1.59 bits per heavy atom. The van der Waals surface area contributed by atoms with Gasteiger partial charge in [-0.05, 0) is 61.9 Å². The molecule has 0 aliphatic carbocycles. The summed E-state index contributed by atoms with van der Waals surface area (Å²) in [7, 11) is 3.35. The van der Waals surface area contributed by atoms with Gasteiger partial charge in [0.05, 0.1) is 0 Å². The molecule has 0 heterocycles. The Labute approximate surface area is 172 Å². The molecule has 2 amide bonds. The average Bonchev–Trinajstić information content (AvgIpc) is 2.73. The molecule has 6 nitrogen and oxygen atoms in total. The molecule has 0 aromatic heterocycles. The van der Waals surface area contributed by atoms with Gasteiger partial charge in [-0.1, -0.05) is 12.1 Å². The minimum Gasteiger partial charge on any atom is -0.372 e. The molecular weight excluding hydrogens is 364 g/mol. The van der Waals surface area contributed by atoms with E-state index < -0.39 is 5.91 Å². The van der Waals surface area contributed by atoms with Crippen LogP contribution in [0.4, 0.5) is 11.4 Å². The van der Waals surface area contributed by atoms with E-state index in [1.54, 1.807) is 44.4 Å². The van der Waals surface area contributed by atoms with Crippen molar-refractivity contribution in [2.45, 2.75) is 13.8 Å². The van der Waals surface area contributed by atoms with E-state index in [-0.39, 0.29) is 11.5 Å². The first-order valence-electron chi connectivity index (χ1n) is 9.49. The maximum atomic E-state index is 12.5. The molecule has 0 saturated heterocycles. The van der Waals surface area contributed by atoms with Gasteiger partial charge < -0.3 is 15.1 Å². The van der Waals surface area contributed by atoms with Gasteiger partial charge in [-0.25, -0.2) is 0 Å². The largest absolute Gasteiger partial charge is 0.372 e. The quantitative estimate of drug-likeness (QED) is 0.577. The minimum absolute atomic E-state index is 0.00836. The molecule has 0 spiro atoms. The second-order valence-corrected chi connectivity index (χ2v) is 6.66. The van der Waals surface area contributed by atoms with Crippen LogP contribution in [0, 0.1) is 11.3 Å². The molecule has 0 saturated carbocycles. The van der Waals surface area contributed by atoms with E-state index in [1.807, 2.05) is 30.3 Å². The van der Waals surface area contributed by atoms with Crippen LogP contribution in [-0.4, -0.2) is 43.9 Å². The highest BCUT2D eigenvalue weighted by molar-refractivity contribution is 6.09. The van der Waals surface area contributed by atoms with Crippen molar-refractivity contribution in [3.8, 4) is 6.07 Å². The van der Waals surface area contributed by atoms with Crippen LogP contribution in [0.25, 0.3) is 6.08 Å². The fourth-order valence-corrected chi connectivity index (χ4v) is 2.84. The van der Waals surface area contributed by atoms with Gasteiger partial charge in [0.25, 0.3) is 11.8 Å². The zero-order valence-corrected chi connectivity index (χ0v) is 17.3. The fraction of sp³-hybridized carbons (Fsp3) is 0.261. The zero-order chi connectivity index (χ0) is 21.4. The summed E-state index contributed by atoms with van der Waals surface area (Å²) < 4.78 is 0. The van der Waals surface area contributed by atoms with Gasteiger partial charge in [-0.15, -0.1) is 0 Å². The number of carbonyl (C=O) groups is 2. The standard InChI is InChI=1S/C23H26N4O2/c1-5-27(6-2)21-13-7-17(8-14-21)15-19(16-24)22(28)25-20-11-9-18(10-12-20)23(29)26(3)4/h7-15H,5-6H2,1-4H3,(H,25,28)/b19-15+. The molecule has 0 fully saturated rings. The summed E-state index contributed by atoms with van der Waals surface area (Å²) in [5.41, 5.74) is 2.93. The van der Waals surface area contributed by atoms with Crippen molar-refractivity contribution in [1.82, 2.24) is 4.90 Å². The Hall–Kier alpha value is -3.59. The van der Waals surface area contributed by atoms with E-state index in [9.17, 15) is 14.9 Å². The molecule has 0 aliphatic heterocycles. The van der Waals surface area contributed by atoms with E-state index >= 15 is 0 Å². The van der Waals surface area contributed by atoms with Crippen LogP contribution < -0.4 is 10.2 Å². The number of hydrogen-bond donors (Lipinski definition) is 1. The van der Waals surface area contributed by atoms with Crippen molar-refractivity contribution in [3.05, 3.63) is 65.2 Å². The number of hydrogen-bond acceptors (Lipinski definition) is 4. The van der Waals surface area contributed by atoms with Crippen LogP contribution in [0.3, 0.4) is 0 Å². The highest BCUT2D eigenvalue weighted by Gasteiger charge is 2.11. The van der Waals surface area contributed by atoms with Gasteiger partial charge >= 0.3 is 0 Å². The first-order valence-corrected chi connectivity index (χ1v) is 9.49. The summed E-state index contributed by atoms with van der Waals surface area (Å²) in [5.74, 6) is -0.611. The molecule has 0 bridgehead atoms. The predicted octanol–water partition coefficient (Wildman–Crippen LogP) is 3.78. The molecule has 0 aliphatic rings. The van der Waals surface area contributed by atoms with Gasteiger partial charge in [0.1, 0.15) is 11.6 Å². The molecular formula is C23H26N4O2. The summed E-state index contributed by atoms with van der Waals surface area (Å²) >= 11 is 0. The SMILES string of the molecule is CCN(CC)c1ccc(/C=C(\C#N)C(=O)Nc2ccc(C(=O)N(C)C)cc2)cc1. The molecule has 2 rings (SSSR count). The molecule has 150 valence electrons. The van der Waals surface area contributed by atoms with Crippen molar-refractivity contribution >= 4 is 29.3 Å².